The zero-order valence-corrected chi connectivity index (χ0v) is 14.8. The highest BCUT2D eigenvalue weighted by atomic mass is 16.7. The number of nitrogens with two attached hydrogens (primary N) is 1. The smallest absolute Gasteiger partial charge is 0.465 e. The van der Waals surface area contributed by atoms with Gasteiger partial charge in [-0.2, -0.15) is 0 Å². The summed E-state index contributed by atoms with van der Waals surface area (Å²) in [5.74, 6) is -0.453. The zero-order valence-electron chi connectivity index (χ0n) is 14.8. The van der Waals surface area contributed by atoms with Crippen molar-refractivity contribution in [1.82, 2.24) is 0 Å². The Labute approximate surface area is 142 Å². The Balaban J connectivity index is 2.37. The van der Waals surface area contributed by atoms with Crippen LogP contribution in [0.5, 0.6) is 0 Å². The largest absolute Gasteiger partial charge is 0.492 e. The van der Waals surface area contributed by atoms with Crippen LogP contribution in [0, 0.1) is 0 Å². The van der Waals surface area contributed by atoms with Crippen molar-refractivity contribution in [1.29, 1.82) is 0 Å². The first-order valence-electron chi connectivity index (χ1n) is 7.76. The average molecular weight is 333 g/mol. The molecule has 24 heavy (non-hydrogen) atoms. The van der Waals surface area contributed by atoms with Gasteiger partial charge in [0.05, 0.1) is 30.5 Å². The van der Waals surface area contributed by atoms with Gasteiger partial charge in [0.25, 0.3) is 0 Å². The number of esters is 1. The van der Waals surface area contributed by atoms with Gasteiger partial charge in [-0.1, -0.05) is 6.08 Å². The minimum absolute atomic E-state index is 0.251. The van der Waals surface area contributed by atoms with Crippen LogP contribution in [0.1, 0.15) is 43.6 Å². The van der Waals surface area contributed by atoms with Crippen LogP contribution in [0.4, 0.5) is 5.69 Å². The lowest BCUT2D eigenvalue weighted by atomic mass is 9.77. The van der Waals surface area contributed by atoms with Gasteiger partial charge in [0.2, 0.25) is 0 Å². The van der Waals surface area contributed by atoms with Crippen molar-refractivity contribution in [2.75, 3.05) is 19.5 Å². The molecule has 2 rings (SSSR count). The van der Waals surface area contributed by atoms with Gasteiger partial charge in [0, 0.05) is 5.69 Å². The molecule has 0 atom stereocenters. The Morgan fingerprint density at radius 1 is 1.29 bits per heavy atom. The summed E-state index contributed by atoms with van der Waals surface area (Å²) in [7, 11) is 0.638. The molecule has 0 amide bonds. The lowest BCUT2D eigenvalue weighted by Gasteiger charge is -2.32. The van der Waals surface area contributed by atoms with Crippen molar-refractivity contribution in [2.24, 2.45) is 0 Å². The third kappa shape index (κ3) is 3.48. The van der Waals surface area contributed by atoms with E-state index in [2.05, 4.69) is 0 Å². The molecule has 0 aromatic heterocycles. The van der Waals surface area contributed by atoms with Gasteiger partial charge in [0.15, 0.2) is 0 Å². The van der Waals surface area contributed by atoms with Gasteiger partial charge in [-0.05, 0) is 56.9 Å². The summed E-state index contributed by atoms with van der Waals surface area (Å²) in [6, 6.07) is 4.82. The maximum Gasteiger partial charge on any atom is 0.492 e. The van der Waals surface area contributed by atoms with Crippen LogP contribution < -0.4 is 5.73 Å². The van der Waals surface area contributed by atoms with Gasteiger partial charge < -0.3 is 24.9 Å². The predicted molar refractivity (Wildman–Crippen MR) is 93.3 cm³/mol. The van der Waals surface area contributed by atoms with E-state index in [-0.39, 0.29) is 6.61 Å². The number of carbonyl (C=O) groups excluding carboxylic acids is 1. The highest BCUT2D eigenvalue weighted by Crippen LogP contribution is 2.38. The first kappa shape index (κ1) is 18.5. The Kier molecular flexibility index (Phi) is 5.08. The van der Waals surface area contributed by atoms with E-state index in [1.807, 2.05) is 27.7 Å². The van der Waals surface area contributed by atoms with Crippen molar-refractivity contribution in [3.8, 4) is 0 Å². The number of rotatable bonds is 4. The number of ether oxygens (including phenoxy) is 1. The number of anilines is 1. The molecule has 1 aliphatic rings. The van der Waals surface area contributed by atoms with E-state index in [0.717, 1.165) is 0 Å². The Hall–Kier alpha value is -1.83. The second-order valence-corrected chi connectivity index (χ2v) is 6.80. The molecule has 0 radical (unpaired) electrons. The molecule has 0 spiro atoms. The number of benzene rings is 1. The van der Waals surface area contributed by atoms with E-state index in [9.17, 15) is 9.90 Å². The summed E-state index contributed by atoms with van der Waals surface area (Å²) in [4.78, 5) is 11.7. The molecule has 3 N–H and O–H groups in total. The van der Waals surface area contributed by atoms with E-state index in [1.54, 1.807) is 24.3 Å². The summed E-state index contributed by atoms with van der Waals surface area (Å²) in [5.41, 5.74) is 6.94. The maximum absolute atomic E-state index is 11.7. The molecule has 1 heterocycles. The number of aliphatic hydroxyl groups is 1. The summed E-state index contributed by atoms with van der Waals surface area (Å²) in [5, 5.41) is 9.74. The fourth-order valence-electron chi connectivity index (χ4n) is 2.33. The lowest BCUT2D eigenvalue weighted by Crippen LogP contribution is -2.41. The molecule has 0 aliphatic carbocycles. The molecule has 1 aromatic carbocycles. The summed E-state index contributed by atoms with van der Waals surface area (Å²) in [6.45, 7) is 7.50. The number of nitrogen functional groups attached to an aromatic ring is 1. The number of hydrogen-bond donors (Lipinski definition) is 2. The molecule has 1 saturated heterocycles. The Morgan fingerprint density at radius 3 is 2.38 bits per heavy atom. The van der Waals surface area contributed by atoms with Crippen LogP contribution in [0.3, 0.4) is 0 Å². The van der Waals surface area contributed by atoms with E-state index in [4.69, 9.17) is 19.8 Å². The molecule has 1 aromatic rings. The van der Waals surface area contributed by atoms with Crippen LogP contribution in [0.25, 0.3) is 6.08 Å². The summed E-state index contributed by atoms with van der Waals surface area (Å²) in [6.07, 6.45) is 1.68. The molecule has 130 valence electrons. The predicted octanol–water partition coefficient (Wildman–Crippen LogP) is 2.06. The fraction of sp³-hybridized carbons (Fsp3) is 0.471. The van der Waals surface area contributed by atoms with E-state index in [1.165, 1.54) is 7.11 Å². The van der Waals surface area contributed by atoms with Crippen molar-refractivity contribution >= 4 is 24.9 Å². The van der Waals surface area contributed by atoms with E-state index in [0.29, 0.717) is 22.3 Å². The highest BCUT2D eigenvalue weighted by Gasteiger charge is 2.52. The van der Waals surface area contributed by atoms with Gasteiger partial charge in [-0.15, -0.1) is 0 Å². The highest BCUT2D eigenvalue weighted by molar-refractivity contribution is 6.55. The summed E-state index contributed by atoms with van der Waals surface area (Å²) < 4.78 is 16.6. The van der Waals surface area contributed by atoms with Crippen LogP contribution in [-0.4, -0.2) is 43.1 Å². The van der Waals surface area contributed by atoms with Gasteiger partial charge in [0.1, 0.15) is 0 Å². The number of methoxy groups -OCH3 is 1. The Morgan fingerprint density at radius 2 is 1.88 bits per heavy atom. The number of aliphatic hydroxyl groups excluding tert-OH is 1. The topological polar surface area (TPSA) is 91.0 Å². The second-order valence-electron chi connectivity index (χ2n) is 6.80. The molecule has 1 aliphatic heterocycles. The molecule has 0 saturated carbocycles. The van der Waals surface area contributed by atoms with Gasteiger partial charge in [-0.25, -0.2) is 4.79 Å². The third-order valence-electron chi connectivity index (χ3n) is 4.59. The SMILES string of the molecule is COC(=O)c1ccc(N)c(C=C(CO)B2OC(C)(C)C(C)(C)O2)c1. The maximum atomic E-state index is 11.7. The normalized spacial score (nSPS) is 19.4. The van der Waals surface area contributed by atoms with Crippen LogP contribution >= 0.6 is 0 Å². The monoisotopic (exact) mass is 333 g/mol. The van der Waals surface area contributed by atoms with Gasteiger partial charge >= 0.3 is 13.1 Å². The quantitative estimate of drug-likeness (QED) is 0.498. The molecule has 0 bridgehead atoms. The van der Waals surface area contributed by atoms with Gasteiger partial charge in [-0.3, -0.25) is 0 Å². The van der Waals surface area contributed by atoms with Crippen LogP contribution in [-0.2, 0) is 14.0 Å². The minimum atomic E-state index is -0.679. The first-order valence-corrected chi connectivity index (χ1v) is 7.76. The van der Waals surface area contributed by atoms with Crippen molar-refractivity contribution in [3.63, 3.8) is 0 Å². The standard InChI is InChI=1S/C17H24BNO5/c1-16(2)17(3,4)24-18(23-16)13(10-20)9-12-8-11(15(21)22-5)6-7-14(12)19/h6-9,20H,10,19H2,1-5H3. The summed E-state index contributed by atoms with van der Waals surface area (Å²) >= 11 is 0. The van der Waals surface area contributed by atoms with Crippen LogP contribution in [0.2, 0.25) is 0 Å². The average Bonchev–Trinajstić information content (AvgIpc) is 2.73. The first-order chi connectivity index (χ1) is 11.1. The van der Waals surface area contributed by atoms with Crippen molar-refractivity contribution < 1.29 is 23.9 Å². The minimum Gasteiger partial charge on any atom is -0.465 e. The van der Waals surface area contributed by atoms with Crippen LogP contribution in [0.15, 0.2) is 23.7 Å². The lowest BCUT2D eigenvalue weighted by molar-refractivity contribution is 0.00578. The van der Waals surface area contributed by atoms with Crippen molar-refractivity contribution in [2.45, 2.75) is 38.9 Å². The van der Waals surface area contributed by atoms with E-state index < -0.39 is 24.3 Å². The molecule has 1 fully saturated rings. The zero-order chi connectivity index (χ0) is 18.1. The molecule has 7 heteroatoms. The fourth-order valence-corrected chi connectivity index (χ4v) is 2.33. The number of carbonyl (C=O) groups is 1. The molecule has 6 nitrogen and oxygen atoms in total. The molecular formula is C17H24BNO5. The van der Waals surface area contributed by atoms with Crippen molar-refractivity contribution in [3.05, 3.63) is 34.8 Å². The third-order valence-corrected chi connectivity index (χ3v) is 4.59. The Bertz CT molecular complexity index is 653. The van der Waals surface area contributed by atoms with E-state index >= 15 is 0 Å². The molecule has 0 unspecified atom stereocenters. The second kappa shape index (κ2) is 6.59. The number of hydrogen-bond acceptors (Lipinski definition) is 6. The molecular weight excluding hydrogens is 309 g/mol.